The summed E-state index contributed by atoms with van der Waals surface area (Å²) in [4.78, 5) is 23.6. The third-order valence-electron chi connectivity index (χ3n) is 6.40. The van der Waals surface area contributed by atoms with Gasteiger partial charge in [-0.05, 0) is 35.4 Å². The summed E-state index contributed by atoms with van der Waals surface area (Å²) in [6, 6.07) is 1.97. The molecule has 1 aromatic carbocycles. The maximum atomic E-state index is 13.0. The molecule has 1 heterocycles. The van der Waals surface area contributed by atoms with Crippen LogP contribution >= 0.6 is 0 Å². The normalized spacial score (nSPS) is 27.0. The first-order chi connectivity index (χ1) is 11.8. The number of carbonyl (C=O) groups is 1. The van der Waals surface area contributed by atoms with E-state index < -0.39 is 39.6 Å². The first kappa shape index (κ1) is 18.5. The molecular formula is C17H20F3N2O4+. The average molecular weight is 373 g/mol. The smallest absolute Gasteiger partial charge is 0.471 e. The fourth-order valence-electron chi connectivity index (χ4n) is 4.50. The van der Waals surface area contributed by atoms with Crippen molar-refractivity contribution in [3.63, 3.8) is 0 Å². The molecule has 6 nitrogen and oxygen atoms in total. The van der Waals surface area contributed by atoms with E-state index in [4.69, 9.17) is 0 Å². The minimum Gasteiger partial charge on any atom is -0.502 e. The van der Waals surface area contributed by atoms with Crippen LogP contribution in [0.25, 0.3) is 0 Å². The Morgan fingerprint density at radius 2 is 1.92 bits per heavy atom. The lowest BCUT2D eigenvalue weighted by atomic mass is 9.51. The highest BCUT2D eigenvalue weighted by atomic mass is 19.4. The zero-order valence-electron chi connectivity index (χ0n) is 14.6. The molecule has 1 fully saturated rings. The predicted molar refractivity (Wildman–Crippen MR) is 84.2 cm³/mol. The second kappa shape index (κ2) is 5.34. The third kappa shape index (κ3) is 2.36. The van der Waals surface area contributed by atoms with Crippen molar-refractivity contribution in [2.24, 2.45) is 5.41 Å². The number of hydrogen-bond acceptors (Lipinski definition) is 3. The number of rotatable bonds is 1. The largest absolute Gasteiger partial charge is 0.502 e. The van der Waals surface area contributed by atoms with Crippen LogP contribution in [0.1, 0.15) is 38.3 Å². The summed E-state index contributed by atoms with van der Waals surface area (Å²) in [5.74, 6) is -2.32. The second-order valence-corrected chi connectivity index (χ2v) is 7.79. The first-order valence-electron chi connectivity index (χ1n) is 8.21. The zero-order chi connectivity index (χ0) is 19.7. The standard InChI is InChI=1S/C17H19F3N2O4/c1-15(2)13-7-9-6-12(23)11(22(25)26)8-10(9)16(15,3)4-5-21(13)14(24)17(18,19)20/h6,8,13H,4-5,7H2,1-3H3,(H-,23,25,26)/p+1/t13-,16+/m1/s1. The van der Waals surface area contributed by atoms with Gasteiger partial charge >= 0.3 is 17.8 Å². The highest BCUT2D eigenvalue weighted by Gasteiger charge is 2.59. The minimum atomic E-state index is -4.95. The van der Waals surface area contributed by atoms with E-state index in [-0.39, 0.29) is 25.1 Å². The van der Waals surface area contributed by atoms with Crippen molar-refractivity contribution in [1.29, 1.82) is 0 Å². The lowest BCUT2D eigenvalue weighted by Crippen LogP contribution is -2.66. The maximum absolute atomic E-state index is 13.0. The Morgan fingerprint density at radius 1 is 1.31 bits per heavy atom. The molecule has 3 rings (SSSR count). The highest BCUT2D eigenvalue weighted by molar-refractivity contribution is 5.82. The van der Waals surface area contributed by atoms with Crippen LogP contribution in [0.2, 0.25) is 0 Å². The summed E-state index contributed by atoms with van der Waals surface area (Å²) in [6.45, 7) is 5.42. The van der Waals surface area contributed by atoms with E-state index >= 15 is 0 Å². The van der Waals surface area contributed by atoms with Crippen LogP contribution in [0, 0.1) is 10.3 Å². The number of piperidine rings is 1. The van der Waals surface area contributed by atoms with Crippen LogP contribution < -0.4 is 0 Å². The number of alkyl halides is 3. The summed E-state index contributed by atoms with van der Waals surface area (Å²) >= 11 is 0. The molecule has 9 heteroatoms. The van der Waals surface area contributed by atoms with Crippen molar-refractivity contribution in [3.8, 4) is 5.75 Å². The Morgan fingerprint density at radius 3 is 2.46 bits per heavy atom. The van der Waals surface area contributed by atoms with Gasteiger partial charge in [0, 0.05) is 24.1 Å². The van der Waals surface area contributed by atoms with Crippen molar-refractivity contribution < 1.29 is 33.2 Å². The Labute approximate surface area is 147 Å². The van der Waals surface area contributed by atoms with Gasteiger partial charge in [0.05, 0.1) is 4.91 Å². The monoisotopic (exact) mass is 373 g/mol. The number of amides is 1. The van der Waals surface area contributed by atoms with Gasteiger partial charge < -0.3 is 10.0 Å². The van der Waals surface area contributed by atoms with Crippen LogP contribution in [-0.4, -0.2) is 44.8 Å². The van der Waals surface area contributed by atoms with Crippen molar-refractivity contribution in [2.45, 2.75) is 51.2 Å². The molecule has 1 saturated heterocycles. The van der Waals surface area contributed by atoms with Crippen LogP contribution in [0.15, 0.2) is 12.1 Å². The molecule has 2 atom stereocenters. The number of benzene rings is 1. The molecule has 0 radical (unpaired) electrons. The number of fused-ring (bicyclic) bond motifs is 4. The summed E-state index contributed by atoms with van der Waals surface area (Å²) < 4.78 is 39.0. The number of halogens is 3. The molecule has 0 spiro atoms. The van der Waals surface area contributed by atoms with Gasteiger partial charge in [0.1, 0.15) is 0 Å². The van der Waals surface area contributed by atoms with Gasteiger partial charge in [-0.1, -0.05) is 20.8 Å². The van der Waals surface area contributed by atoms with E-state index in [1.807, 2.05) is 6.92 Å². The lowest BCUT2D eigenvalue weighted by Gasteiger charge is -2.60. The summed E-state index contributed by atoms with van der Waals surface area (Å²) in [5, 5.41) is 19.1. The molecule has 1 aromatic rings. The molecule has 1 amide bonds. The van der Waals surface area contributed by atoms with E-state index in [1.54, 1.807) is 13.8 Å². The molecular weight excluding hydrogens is 353 g/mol. The Hall–Kier alpha value is -2.32. The van der Waals surface area contributed by atoms with Crippen molar-refractivity contribution in [1.82, 2.24) is 4.90 Å². The minimum absolute atomic E-state index is 0.0567. The molecule has 0 saturated carbocycles. The topological polar surface area (TPSA) is 80.9 Å². The molecule has 0 unspecified atom stereocenters. The van der Waals surface area contributed by atoms with Crippen molar-refractivity contribution in [2.75, 3.05) is 6.54 Å². The van der Waals surface area contributed by atoms with E-state index in [9.17, 15) is 33.2 Å². The third-order valence-corrected chi connectivity index (χ3v) is 6.40. The van der Waals surface area contributed by atoms with Crippen LogP contribution in [0.3, 0.4) is 0 Å². The number of hydrogen-bond donors (Lipinski definition) is 2. The number of carbonyl (C=O) groups excluding carboxylic acids is 1. The first-order valence-corrected chi connectivity index (χ1v) is 8.21. The number of nitrogens with zero attached hydrogens (tertiary/aromatic N) is 2. The molecule has 0 aromatic heterocycles. The van der Waals surface area contributed by atoms with E-state index in [1.165, 1.54) is 12.1 Å². The number of phenols is 1. The summed E-state index contributed by atoms with van der Waals surface area (Å²) in [5.41, 5.74) is -0.393. The predicted octanol–water partition coefficient (Wildman–Crippen LogP) is 3.20. The number of likely N-dealkylation sites (tertiary alicyclic amines) is 1. The zero-order valence-corrected chi connectivity index (χ0v) is 14.6. The number of phenolic OH excluding ortho intramolecular Hbond substituents is 1. The van der Waals surface area contributed by atoms with Gasteiger partial charge in [-0.3, -0.25) is 4.79 Å². The van der Waals surface area contributed by atoms with E-state index in [0.29, 0.717) is 11.1 Å². The quantitative estimate of drug-likeness (QED) is 0.741. The molecule has 1 aliphatic carbocycles. The lowest BCUT2D eigenvalue weighted by molar-refractivity contribution is -0.730. The maximum Gasteiger partial charge on any atom is 0.471 e. The van der Waals surface area contributed by atoms with Gasteiger partial charge in [-0.15, -0.1) is 0 Å². The highest BCUT2D eigenvalue weighted by Crippen LogP contribution is 2.57. The van der Waals surface area contributed by atoms with Gasteiger partial charge in [-0.25, -0.2) is 5.21 Å². The Bertz CT molecular complexity index is 806. The Kier molecular flexibility index (Phi) is 3.79. The van der Waals surface area contributed by atoms with Gasteiger partial charge in [-0.2, -0.15) is 13.2 Å². The fraction of sp³-hybridized carbons (Fsp3) is 0.588. The molecule has 2 bridgehead atoms. The van der Waals surface area contributed by atoms with Crippen molar-refractivity contribution >= 4 is 11.6 Å². The van der Waals surface area contributed by atoms with Crippen LogP contribution in [0.5, 0.6) is 5.75 Å². The molecule has 26 heavy (non-hydrogen) atoms. The van der Waals surface area contributed by atoms with Gasteiger partial charge in [0.2, 0.25) is 0 Å². The molecule has 2 aliphatic rings. The second-order valence-electron chi connectivity index (χ2n) is 7.79. The van der Waals surface area contributed by atoms with Crippen LogP contribution in [0.4, 0.5) is 18.9 Å². The number of aromatic hydroxyl groups is 1. The van der Waals surface area contributed by atoms with Gasteiger partial charge in [0.25, 0.3) is 4.92 Å². The SMILES string of the molecule is CC1(C)[C@H]2Cc3cc(O)c([N+](=O)O)cc3[C@]1(C)CCN2C(=O)C(F)(F)F. The van der Waals surface area contributed by atoms with E-state index in [2.05, 4.69) is 0 Å². The van der Waals surface area contributed by atoms with Crippen molar-refractivity contribution in [3.05, 3.63) is 28.2 Å². The average Bonchev–Trinajstić information content (AvgIpc) is 2.49. The summed E-state index contributed by atoms with van der Waals surface area (Å²) in [7, 11) is 0. The van der Waals surface area contributed by atoms with Gasteiger partial charge in [0.15, 0.2) is 5.75 Å². The Balaban J connectivity index is 2.16. The molecule has 1 aliphatic heterocycles. The van der Waals surface area contributed by atoms with Crippen LogP contribution in [-0.2, 0) is 16.6 Å². The van der Waals surface area contributed by atoms with E-state index in [0.717, 1.165) is 4.90 Å². The molecule has 2 N–H and O–H groups in total. The molecule has 142 valence electrons. The fourth-order valence-corrected chi connectivity index (χ4v) is 4.50. The summed E-state index contributed by atoms with van der Waals surface area (Å²) in [6.07, 6.45) is -4.56.